The van der Waals surface area contributed by atoms with Gasteiger partial charge in [-0.1, -0.05) is 0 Å². The number of pyridine rings is 1. The highest BCUT2D eigenvalue weighted by atomic mass is 16.1. The minimum Gasteiger partial charge on any atom is -0.354 e. The molecule has 0 spiro atoms. The third kappa shape index (κ3) is 1.37. The lowest BCUT2D eigenvalue weighted by Crippen LogP contribution is -2.27. The number of aromatic nitrogens is 1. The van der Waals surface area contributed by atoms with Crippen LogP contribution in [0.5, 0.6) is 0 Å². The summed E-state index contributed by atoms with van der Waals surface area (Å²) >= 11 is 0. The van der Waals surface area contributed by atoms with Crippen molar-refractivity contribution in [3.63, 3.8) is 0 Å². The summed E-state index contributed by atoms with van der Waals surface area (Å²) in [6.45, 7) is 3.88. The second-order valence-electron chi connectivity index (χ2n) is 4.57. The van der Waals surface area contributed by atoms with Crippen molar-refractivity contribution in [2.24, 2.45) is 0 Å². The average Bonchev–Trinajstić information content (AvgIpc) is 2.86. The van der Waals surface area contributed by atoms with Gasteiger partial charge in [0, 0.05) is 36.5 Å². The summed E-state index contributed by atoms with van der Waals surface area (Å²) in [4.78, 5) is 18.3. The van der Waals surface area contributed by atoms with Crippen LogP contribution in [0.2, 0.25) is 0 Å². The highest BCUT2D eigenvalue weighted by Crippen LogP contribution is 2.26. The molecule has 1 N–H and O–H groups in total. The van der Waals surface area contributed by atoms with E-state index in [0.717, 1.165) is 23.5 Å². The Morgan fingerprint density at radius 2 is 2.44 bits per heavy atom. The lowest BCUT2D eigenvalue weighted by atomic mass is 10.1. The van der Waals surface area contributed by atoms with Crippen LogP contribution in [0.4, 0.5) is 5.82 Å². The summed E-state index contributed by atoms with van der Waals surface area (Å²) in [6, 6.07) is 2.47. The normalized spacial score (nSPS) is 23.4. The quantitative estimate of drug-likeness (QED) is 0.771. The van der Waals surface area contributed by atoms with Crippen LogP contribution in [-0.2, 0) is 6.54 Å². The lowest BCUT2D eigenvalue weighted by Gasteiger charge is -2.22. The van der Waals surface area contributed by atoms with Gasteiger partial charge in [-0.05, 0) is 25.8 Å². The van der Waals surface area contributed by atoms with E-state index in [1.165, 1.54) is 12.8 Å². The molecule has 1 saturated heterocycles. The number of hydrogen-bond donors (Lipinski definition) is 1. The smallest absolute Gasteiger partial charge is 0.252 e. The SMILES string of the molecule is C[C@@H]1CCCN1c1cc2c(cn1)CNC2=O. The molecular formula is C12H15N3O. The Morgan fingerprint density at radius 3 is 3.19 bits per heavy atom. The van der Waals surface area contributed by atoms with E-state index >= 15 is 0 Å². The van der Waals surface area contributed by atoms with E-state index in [4.69, 9.17) is 0 Å². The predicted octanol–water partition coefficient (Wildman–Crippen LogP) is 1.31. The number of nitrogens with one attached hydrogen (secondary N) is 1. The zero-order valence-electron chi connectivity index (χ0n) is 9.36. The second-order valence-corrected chi connectivity index (χ2v) is 4.57. The molecule has 3 rings (SSSR count). The van der Waals surface area contributed by atoms with Gasteiger partial charge in [-0.15, -0.1) is 0 Å². The van der Waals surface area contributed by atoms with Crippen molar-refractivity contribution in [1.29, 1.82) is 0 Å². The van der Waals surface area contributed by atoms with Gasteiger partial charge in [0.1, 0.15) is 5.82 Å². The first-order chi connectivity index (χ1) is 7.75. The number of amides is 1. The predicted molar refractivity (Wildman–Crippen MR) is 61.4 cm³/mol. The maximum atomic E-state index is 11.6. The Labute approximate surface area is 94.7 Å². The molecule has 1 aromatic rings. The van der Waals surface area contributed by atoms with E-state index < -0.39 is 0 Å². The molecule has 1 atom stereocenters. The standard InChI is InChI=1S/C12H15N3O/c1-8-3-2-4-15(8)11-5-10-9(6-13-11)7-14-12(10)16/h5-6,8H,2-4,7H2,1H3,(H,14,16)/t8-/m1/s1. The molecule has 1 fully saturated rings. The number of fused-ring (bicyclic) bond motifs is 1. The number of rotatable bonds is 1. The summed E-state index contributed by atoms with van der Waals surface area (Å²) in [5, 5.41) is 2.82. The molecule has 0 saturated carbocycles. The van der Waals surface area contributed by atoms with Crippen LogP contribution in [-0.4, -0.2) is 23.5 Å². The topological polar surface area (TPSA) is 45.2 Å². The highest BCUT2D eigenvalue weighted by molar-refractivity contribution is 5.98. The van der Waals surface area contributed by atoms with Crippen molar-refractivity contribution < 1.29 is 4.79 Å². The van der Waals surface area contributed by atoms with Crippen LogP contribution in [0.1, 0.15) is 35.7 Å². The summed E-state index contributed by atoms with van der Waals surface area (Å²) in [5.74, 6) is 0.978. The minimum absolute atomic E-state index is 0.0329. The van der Waals surface area contributed by atoms with Gasteiger partial charge in [0.15, 0.2) is 0 Å². The van der Waals surface area contributed by atoms with Crippen LogP contribution < -0.4 is 10.2 Å². The molecule has 3 heterocycles. The summed E-state index contributed by atoms with van der Waals surface area (Å²) in [7, 11) is 0. The monoisotopic (exact) mass is 217 g/mol. The van der Waals surface area contributed by atoms with Crippen LogP contribution in [0.25, 0.3) is 0 Å². The summed E-state index contributed by atoms with van der Waals surface area (Å²) < 4.78 is 0. The van der Waals surface area contributed by atoms with Crippen molar-refractivity contribution in [2.75, 3.05) is 11.4 Å². The molecule has 0 aliphatic carbocycles. The first-order valence-electron chi connectivity index (χ1n) is 5.79. The number of nitrogens with zero attached hydrogens (tertiary/aromatic N) is 2. The molecule has 84 valence electrons. The van der Waals surface area contributed by atoms with Crippen molar-refractivity contribution in [3.8, 4) is 0 Å². The van der Waals surface area contributed by atoms with E-state index in [0.29, 0.717) is 12.6 Å². The number of carbonyl (C=O) groups is 1. The van der Waals surface area contributed by atoms with Crippen LogP contribution in [0, 0.1) is 0 Å². The van der Waals surface area contributed by atoms with Gasteiger partial charge in [0.25, 0.3) is 5.91 Å². The first kappa shape index (κ1) is 9.63. The van der Waals surface area contributed by atoms with Gasteiger partial charge >= 0.3 is 0 Å². The number of carbonyl (C=O) groups excluding carboxylic acids is 1. The molecule has 1 amide bonds. The Balaban J connectivity index is 1.97. The second kappa shape index (κ2) is 3.47. The van der Waals surface area contributed by atoms with E-state index in [1.807, 2.05) is 12.3 Å². The van der Waals surface area contributed by atoms with E-state index in [2.05, 4.69) is 22.1 Å². The van der Waals surface area contributed by atoms with Gasteiger partial charge in [-0.2, -0.15) is 0 Å². The maximum absolute atomic E-state index is 11.6. The third-order valence-electron chi connectivity index (χ3n) is 3.50. The zero-order chi connectivity index (χ0) is 11.1. The van der Waals surface area contributed by atoms with E-state index in [9.17, 15) is 4.79 Å². The highest BCUT2D eigenvalue weighted by Gasteiger charge is 2.25. The van der Waals surface area contributed by atoms with Gasteiger partial charge in [0.2, 0.25) is 0 Å². The van der Waals surface area contributed by atoms with Gasteiger partial charge < -0.3 is 10.2 Å². The summed E-state index contributed by atoms with van der Waals surface area (Å²) in [5.41, 5.74) is 1.81. The molecule has 0 unspecified atom stereocenters. The lowest BCUT2D eigenvalue weighted by molar-refractivity contribution is 0.0965. The molecule has 1 aromatic heterocycles. The minimum atomic E-state index is 0.0329. The van der Waals surface area contributed by atoms with E-state index in [-0.39, 0.29) is 5.91 Å². The van der Waals surface area contributed by atoms with Gasteiger partial charge in [-0.3, -0.25) is 4.79 Å². The molecule has 0 radical (unpaired) electrons. The Hall–Kier alpha value is -1.58. The Bertz CT molecular complexity index is 444. The summed E-state index contributed by atoms with van der Waals surface area (Å²) in [6.07, 6.45) is 4.25. The molecule has 16 heavy (non-hydrogen) atoms. The van der Waals surface area contributed by atoms with E-state index in [1.54, 1.807) is 0 Å². The maximum Gasteiger partial charge on any atom is 0.252 e. The van der Waals surface area contributed by atoms with Crippen LogP contribution >= 0.6 is 0 Å². The number of hydrogen-bond acceptors (Lipinski definition) is 3. The van der Waals surface area contributed by atoms with Crippen molar-refractivity contribution >= 4 is 11.7 Å². The first-order valence-corrected chi connectivity index (χ1v) is 5.79. The fourth-order valence-corrected chi connectivity index (χ4v) is 2.53. The molecular weight excluding hydrogens is 202 g/mol. The fraction of sp³-hybridized carbons (Fsp3) is 0.500. The molecule has 4 nitrogen and oxygen atoms in total. The molecule has 2 aliphatic heterocycles. The van der Waals surface area contributed by atoms with Crippen LogP contribution in [0.15, 0.2) is 12.3 Å². The fourth-order valence-electron chi connectivity index (χ4n) is 2.53. The van der Waals surface area contributed by atoms with Gasteiger partial charge in [-0.25, -0.2) is 4.98 Å². The van der Waals surface area contributed by atoms with Crippen molar-refractivity contribution in [3.05, 3.63) is 23.4 Å². The number of anilines is 1. The molecule has 4 heteroatoms. The Morgan fingerprint density at radius 1 is 1.56 bits per heavy atom. The molecule has 2 aliphatic rings. The molecule has 0 bridgehead atoms. The Kier molecular flexibility index (Phi) is 2.09. The largest absolute Gasteiger partial charge is 0.354 e. The average molecular weight is 217 g/mol. The van der Waals surface area contributed by atoms with Crippen LogP contribution in [0.3, 0.4) is 0 Å². The molecule has 0 aromatic carbocycles. The van der Waals surface area contributed by atoms with Crippen molar-refractivity contribution in [2.45, 2.75) is 32.4 Å². The zero-order valence-corrected chi connectivity index (χ0v) is 9.36. The van der Waals surface area contributed by atoms with Gasteiger partial charge in [0.05, 0.1) is 0 Å². The third-order valence-corrected chi connectivity index (χ3v) is 3.50. The van der Waals surface area contributed by atoms with Crippen molar-refractivity contribution in [1.82, 2.24) is 10.3 Å².